The van der Waals surface area contributed by atoms with Crippen LogP contribution in [0.4, 0.5) is 0 Å². The number of carboxylic acid groups (broad SMARTS) is 1. The predicted molar refractivity (Wildman–Crippen MR) is 122 cm³/mol. The number of aliphatic carboxylic acids is 1. The van der Waals surface area contributed by atoms with Gasteiger partial charge in [-0.25, -0.2) is 4.79 Å². The number of rotatable bonds is 11. The minimum Gasteiger partial charge on any atom is -0.496 e. The standard InChI is InChI=1S/C24H32N2O6/c1-14(2)13-32-21(12-26-11-16-7-6-8-18(22(16)25)24(28)29)23(27)17-9-19(30-4)15(3)20(10-17)31-5/h6-11,14,21,23,25-27H,12-13H2,1-5H3,(H,28,29)/b16-11-,25-22?. The average molecular weight is 445 g/mol. The third-order valence-electron chi connectivity index (χ3n) is 5.02. The molecule has 174 valence electrons. The number of allylic oxidation sites excluding steroid dienone is 4. The molecule has 32 heavy (non-hydrogen) atoms. The van der Waals surface area contributed by atoms with Gasteiger partial charge in [-0.2, -0.15) is 0 Å². The Morgan fingerprint density at radius 3 is 2.38 bits per heavy atom. The van der Waals surface area contributed by atoms with Gasteiger partial charge in [0.25, 0.3) is 0 Å². The normalized spacial score (nSPS) is 16.7. The highest BCUT2D eigenvalue weighted by atomic mass is 16.5. The molecule has 0 spiro atoms. The molecule has 1 aliphatic carbocycles. The van der Waals surface area contributed by atoms with E-state index in [-0.39, 0.29) is 23.7 Å². The van der Waals surface area contributed by atoms with E-state index in [1.807, 2.05) is 20.8 Å². The van der Waals surface area contributed by atoms with Gasteiger partial charge < -0.3 is 29.7 Å². The van der Waals surface area contributed by atoms with E-state index in [1.54, 1.807) is 44.7 Å². The molecule has 0 radical (unpaired) electrons. The lowest BCUT2D eigenvalue weighted by atomic mass is 9.98. The minimum absolute atomic E-state index is 0.0768. The van der Waals surface area contributed by atoms with Crippen molar-refractivity contribution in [3.8, 4) is 11.5 Å². The molecule has 0 heterocycles. The lowest BCUT2D eigenvalue weighted by Crippen LogP contribution is -2.33. The van der Waals surface area contributed by atoms with Crippen LogP contribution in [0.2, 0.25) is 0 Å². The molecule has 2 rings (SSSR count). The van der Waals surface area contributed by atoms with E-state index < -0.39 is 18.2 Å². The quantitative estimate of drug-likeness (QED) is 0.414. The maximum absolute atomic E-state index is 11.3. The van der Waals surface area contributed by atoms with Crippen LogP contribution in [0, 0.1) is 18.3 Å². The zero-order chi connectivity index (χ0) is 23.8. The molecule has 0 bridgehead atoms. The summed E-state index contributed by atoms with van der Waals surface area (Å²) in [6.07, 6.45) is 4.60. The van der Waals surface area contributed by atoms with Crippen molar-refractivity contribution in [2.45, 2.75) is 33.0 Å². The second-order valence-corrected chi connectivity index (χ2v) is 7.89. The molecule has 0 aromatic heterocycles. The molecular weight excluding hydrogens is 412 g/mol. The molecule has 1 aliphatic rings. The Balaban J connectivity index is 2.22. The molecule has 0 saturated heterocycles. The van der Waals surface area contributed by atoms with Crippen molar-refractivity contribution in [1.82, 2.24) is 5.32 Å². The number of hydrogen-bond donors (Lipinski definition) is 4. The number of ether oxygens (including phenoxy) is 3. The monoisotopic (exact) mass is 444 g/mol. The van der Waals surface area contributed by atoms with Gasteiger partial charge in [0.05, 0.1) is 25.5 Å². The highest BCUT2D eigenvalue weighted by Crippen LogP contribution is 2.33. The molecule has 0 fully saturated rings. The van der Waals surface area contributed by atoms with Crippen LogP contribution in [0.3, 0.4) is 0 Å². The summed E-state index contributed by atoms with van der Waals surface area (Å²) >= 11 is 0. The third-order valence-corrected chi connectivity index (χ3v) is 5.02. The summed E-state index contributed by atoms with van der Waals surface area (Å²) in [7, 11) is 3.12. The summed E-state index contributed by atoms with van der Waals surface area (Å²) in [5, 5.41) is 31.4. The number of aliphatic hydroxyl groups excluding tert-OH is 1. The van der Waals surface area contributed by atoms with Gasteiger partial charge in [0.15, 0.2) is 0 Å². The molecule has 2 unspecified atom stereocenters. The second-order valence-electron chi connectivity index (χ2n) is 7.89. The fraction of sp³-hybridized carbons (Fsp3) is 0.417. The van der Waals surface area contributed by atoms with E-state index >= 15 is 0 Å². The molecule has 0 saturated carbocycles. The Hall–Kier alpha value is -3.10. The summed E-state index contributed by atoms with van der Waals surface area (Å²) in [4.78, 5) is 11.3. The Labute approximate surface area is 188 Å². The molecule has 1 aromatic carbocycles. The summed E-state index contributed by atoms with van der Waals surface area (Å²) in [5.41, 5.74) is 1.70. The Bertz CT molecular complexity index is 907. The van der Waals surface area contributed by atoms with Crippen molar-refractivity contribution in [1.29, 1.82) is 5.41 Å². The van der Waals surface area contributed by atoms with E-state index in [0.717, 1.165) is 5.56 Å². The van der Waals surface area contributed by atoms with Gasteiger partial charge in [-0.1, -0.05) is 26.0 Å². The van der Waals surface area contributed by atoms with Crippen molar-refractivity contribution in [3.05, 3.63) is 58.8 Å². The lowest BCUT2D eigenvalue weighted by Gasteiger charge is -2.26. The summed E-state index contributed by atoms with van der Waals surface area (Å²) < 4.78 is 16.8. The van der Waals surface area contributed by atoms with E-state index in [0.29, 0.717) is 29.2 Å². The second kappa shape index (κ2) is 11.5. The molecule has 8 heteroatoms. The van der Waals surface area contributed by atoms with Crippen LogP contribution in [0.25, 0.3) is 0 Å². The van der Waals surface area contributed by atoms with Gasteiger partial charge in [-0.3, -0.25) is 5.41 Å². The number of benzene rings is 1. The van der Waals surface area contributed by atoms with Crippen molar-refractivity contribution < 1.29 is 29.2 Å². The number of carbonyl (C=O) groups is 1. The molecule has 4 N–H and O–H groups in total. The molecule has 0 amide bonds. The molecular formula is C24H32N2O6. The number of aliphatic hydroxyl groups is 1. The van der Waals surface area contributed by atoms with Gasteiger partial charge in [0.2, 0.25) is 0 Å². The van der Waals surface area contributed by atoms with Crippen molar-refractivity contribution in [3.63, 3.8) is 0 Å². The summed E-state index contributed by atoms with van der Waals surface area (Å²) in [5.74, 6) is 0.318. The van der Waals surface area contributed by atoms with Gasteiger partial charge in [0.1, 0.15) is 23.7 Å². The summed E-state index contributed by atoms with van der Waals surface area (Å²) in [6, 6.07) is 3.52. The minimum atomic E-state index is -1.15. The van der Waals surface area contributed by atoms with E-state index in [9.17, 15) is 15.0 Å². The van der Waals surface area contributed by atoms with Crippen LogP contribution in [0.5, 0.6) is 11.5 Å². The van der Waals surface area contributed by atoms with Gasteiger partial charge in [-0.15, -0.1) is 0 Å². The fourth-order valence-corrected chi connectivity index (χ4v) is 3.22. The highest BCUT2D eigenvalue weighted by Gasteiger charge is 2.25. The first-order valence-electron chi connectivity index (χ1n) is 10.4. The number of nitrogens with one attached hydrogen (secondary N) is 2. The first-order chi connectivity index (χ1) is 15.2. The molecule has 2 atom stereocenters. The smallest absolute Gasteiger partial charge is 0.337 e. The number of methoxy groups -OCH3 is 2. The summed E-state index contributed by atoms with van der Waals surface area (Å²) in [6.45, 7) is 6.60. The topological polar surface area (TPSA) is 121 Å². The lowest BCUT2D eigenvalue weighted by molar-refractivity contribution is -0.132. The molecule has 1 aromatic rings. The van der Waals surface area contributed by atoms with E-state index in [1.165, 1.54) is 6.08 Å². The number of carboxylic acids is 1. The first-order valence-corrected chi connectivity index (χ1v) is 10.4. The zero-order valence-electron chi connectivity index (χ0n) is 19.1. The van der Waals surface area contributed by atoms with Crippen LogP contribution in [-0.2, 0) is 9.53 Å². The molecule has 0 aliphatic heterocycles. The first kappa shape index (κ1) is 25.2. The Morgan fingerprint density at radius 1 is 1.22 bits per heavy atom. The maximum atomic E-state index is 11.3. The van der Waals surface area contributed by atoms with Crippen LogP contribution in [-0.4, -0.2) is 55.4 Å². The van der Waals surface area contributed by atoms with Crippen LogP contribution < -0.4 is 14.8 Å². The van der Waals surface area contributed by atoms with Crippen molar-refractivity contribution in [2.24, 2.45) is 5.92 Å². The van der Waals surface area contributed by atoms with E-state index in [2.05, 4.69) is 5.32 Å². The highest BCUT2D eigenvalue weighted by molar-refractivity contribution is 6.26. The fourth-order valence-electron chi connectivity index (χ4n) is 3.22. The number of hydrogen-bond acceptors (Lipinski definition) is 7. The van der Waals surface area contributed by atoms with Gasteiger partial charge >= 0.3 is 5.97 Å². The van der Waals surface area contributed by atoms with Crippen LogP contribution in [0.1, 0.15) is 31.1 Å². The Morgan fingerprint density at radius 2 is 1.84 bits per heavy atom. The molecule has 8 nitrogen and oxygen atoms in total. The van der Waals surface area contributed by atoms with Crippen LogP contribution >= 0.6 is 0 Å². The Kier molecular flexibility index (Phi) is 9.04. The van der Waals surface area contributed by atoms with Crippen molar-refractivity contribution >= 4 is 11.7 Å². The largest absolute Gasteiger partial charge is 0.496 e. The zero-order valence-corrected chi connectivity index (χ0v) is 19.1. The maximum Gasteiger partial charge on any atom is 0.337 e. The third kappa shape index (κ3) is 6.21. The van der Waals surface area contributed by atoms with Gasteiger partial charge in [0, 0.05) is 30.5 Å². The van der Waals surface area contributed by atoms with Crippen LogP contribution in [0.15, 0.2) is 47.7 Å². The average Bonchev–Trinajstić information content (AvgIpc) is 2.76. The van der Waals surface area contributed by atoms with Gasteiger partial charge in [-0.05, 0) is 36.6 Å². The SMILES string of the molecule is COc1cc(C(O)C(CN/C=C2/C=CC=C(C(=O)O)C2=N)OCC(C)C)cc(OC)c1C. The predicted octanol–water partition coefficient (Wildman–Crippen LogP) is 3.16. The van der Waals surface area contributed by atoms with Crippen molar-refractivity contribution in [2.75, 3.05) is 27.4 Å². The van der Waals surface area contributed by atoms with E-state index in [4.69, 9.17) is 19.6 Å².